The highest BCUT2D eigenvalue weighted by Gasteiger charge is 2.29. The van der Waals surface area contributed by atoms with E-state index in [0.717, 1.165) is 61.2 Å². The van der Waals surface area contributed by atoms with Crippen LogP contribution in [0.3, 0.4) is 0 Å². The predicted octanol–water partition coefficient (Wildman–Crippen LogP) is 4.39. The predicted molar refractivity (Wildman–Crippen MR) is 149 cm³/mol. The fourth-order valence-corrected chi connectivity index (χ4v) is 5.47. The van der Waals surface area contributed by atoms with Gasteiger partial charge in [0.1, 0.15) is 12.0 Å². The van der Waals surface area contributed by atoms with E-state index in [9.17, 15) is 5.02 Å². The van der Waals surface area contributed by atoms with Crippen molar-refractivity contribution in [1.29, 1.82) is 0 Å². The maximum atomic E-state index is 10.1. The van der Waals surface area contributed by atoms with E-state index in [0.29, 0.717) is 6.04 Å². The second-order valence-electron chi connectivity index (χ2n) is 10.4. The molecule has 0 aromatic carbocycles. The SMILES string of the molecule is CCN(B(C)O)[C@H]1CCCN(c2ccnc3[nH]cc(-c4cncnc4)c23)C1.COCC[Si](C)(C)C. The van der Waals surface area contributed by atoms with Crippen LogP contribution in [0.1, 0.15) is 19.8 Å². The molecule has 3 aromatic heterocycles. The fraction of sp³-hybridized carbons (Fsp3) is 0.560. The van der Waals surface area contributed by atoms with Crippen molar-refractivity contribution < 1.29 is 9.76 Å². The molecule has 1 atom stereocenters. The lowest BCUT2D eigenvalue weighted by Gasteiger charge is -2.41. The van der Waals surface area contributed by atoms with Crippen LogP contribution in [0.15, 0.2) is 37.2 Å². The molecule has 0 bridgehead atoms. The second-order valence-corrected chi connectivity index (χ2v) is 16.0. The Morgan fingerprint density at radius 1 is 1.29 bits per heavy atom. The van der Waals surface area contributed by atoms with E-state index in [1.807, 2.05) is 31.6 Å². The van der Waals surface area contributed by atoms with Crippen LogP contribution in [-0.2, 0) is 4.74 Å². The molecule has 0 amide bonds. The van der Waals surface area contributed by atoms with Crippen LogP contribution in [0.2, 0.25) is 32.5 Å². The second kappa shape index (κ2) is 12.6. The van der Waals surface area contributed by atoms with Gasteiger partial charge in [0.2, 0.25) is 0 Å². The number of nitrogens with zero attached hydrogens (tertiary/aromatic N) is 5. The Bertz CT molecular complexity index is 1040. The van der Waals surface area contributed by atoms with E-state index >= 15 is 0 Å². The molecule has 2 N–H and O–H groups in total. The molecule has 1 fully saturated rings. The number of H-pyrrole nitrogens is 1. The third-order valence-corrected chi connectivity index (χ3v) is 8.23. The van der Waals surface area contributed by atoms with Crippen molar-refractivity contribution in [2.45, 2.75) is 58.3 Å². The van der Waals surface area contributed by atoms with E-state index in [-0.39, 0.29) is 0 Å². The molecule has 0 unspecified atom stereocenters. The monoisotopic (exact) mass is 496 g/mol. The minimum absolute atomic E-state index is 0.342. The standard InChI is InChI=1S/C19H25BN6O.C6H16OSi/c1-3-26(20(2)27)15-5-4-8-25(12-15)17-6-7-23-19-18(17)16(11-24-19)14-9-21-13-22-10-14;1-7-5-6-8(2,3)4/h6-7,9-11,13,15,27H,3-5,8,12H2,1-2H3,(H,23,24);5-6H2,1-4H3/t15-;/m0./s1. The molecule has 35 heavy (non-hydrogen) atoms. The highest BCUT2D eigenvalue weighted by atomic mass is 28.3. The molecule has 3 aromatic rings. The largest absolute Gasteiger partial charge is 0.437 e. The molecule has 1 aliphatic rings. The van der Waals surface area contributed by atoms with E-state index in [1.54, 1.807) is 13.4 Å². The lowest BCUT2D eigenvalue weighted by Crippen LogP contribution is -2.52. The molecule has 0 spiro atoms. The first-order valence-electron chi connectivity index (χ1n) is 12.6. The molecule has 0 radical (unpaired) electrons. The summed E-state index contributed by atoms with van der Waals surface area (Å²) in [5, 5.41) is 11.2. The van der Waals surface area contributed by atoms with Crippen LogP contribution >= 0.6 is 0 Å². The number of fused-ring (bicyclic) bond motifs is 1. The third-order valence-electron chi connectivity index (χ3n) is 6.53. The average Bonchev–Trinajstić information content (AvgIpc) is 3.28. The van der Waals surface area contributed by atoms with Crippen molar-refractivity contribution in [3.63, 3.8) is 0 Å². The number of pyridine rings is 1. The zero-order valence-electron chi connectivity index (χ0n) is 22.2. The Morgan fingerprint density at radius 2 is 2.03 bits per heavy atom. The normalized spacial score (nSPS) is 16.3. The van der Waals surface area contributed by atoms with E-state index in [4.69, 9.17) is 4.74 Å². The molecule has 0 aliphatic carbocycles. The fourth-order valence-electron chi connectivity index (χ4n) is 4.65. The van der Waals surface area contributed by atoms with Crippen molar-refractivity contribution >= 4 is 31.8 Å². The first-order valence-corrected chi connectivity index (χ1v) is 16.3. The van der Waals surface area contributed by atoms with Gasteiger partial charge in [0.05, 0.1) is 5.39 Å². The molecule has 10 heteroatoms. The van der Waals surface area contributed by atoms with Gasteiger partial charge in [-0.2, -0.15) is 0 Å². The highest BCUT2D eigenvalue weighted by molar-refractivity contribution is 6.76. The summed E-state index contributed by atoms with van der Waals surface area (Å²) in [6.45, 7) is 14.7. The van der Waals surface area contributed by atoms with E-state index in [2.05, 4.69) is 62.3 Å². The first kappa shape index (κ1) is 27.3. The topological polar surface area (TPSA) is 90.4 Å². The molecule has 4 heterocycles. The average molecular weight is 497 g/mol. The lowest BCUT2D eigenvalue weighted by molar-refractivity contribution is 0.214. The van der Waals surface area contributed by atoms with Crippen LogP contribution in [0.25, 0.3) is 22.2 Å². The Hall–Kier alpha value is -2.27. The molecular formula is C25H41BN6O2Si. The number of piperidine rings is 1. The Balaban J connectivity index is 0.000000371. The maximum absolute atomic E-state index is 10.1. The van der Waals surface area contributed by atoms with Gasteiger partial charge in [-0.1, -0.05) is 26.6 Å². The van der Waals surface area contributed by atoms with Crippen molar-refractivity contribution in [3.8, 4) is 11.1 Å². The van der Waals surface area contributed by atoms with E-state index in [1.165, 1.54) is 11.7 Å². The lowest BCUT2D eigenvalue weighted by atomic mass is 9.81. The minimum Gasteiger partial charge on any atom is -0.437 e. The van der Waals surface area contributed by atoms with Gasteiger partial charge in [0.15, 0.2) is 0 Å². The number of ether oxygens (including phenoxy) is 1. The van der Waals surface area contributed by atoms with Crippen LogP contribution < -0.4 is 4.90 Å². The first-order chi connectivity index (χ1) is 16.7. The van der Waals surface area contributed by atoms with Crippen molar-refractivity contribution in [3.05, 3.63) is 37.2 Å². The summed E-state index contributed by atoms with van der Waals surface area (Å²) in [6, 6.07) is 3.71. The number of methoxy groups -OCH3 is 1. The molecule has 0 saturated carbocycles. The van der Waals surface area contributed by atoms with Gasteiger partial charge in [-0.25, -0.2) is 15.0 Å². The molecule has 190 valence electrons. The summed E-state index contributed by atoms with van der Waals surface area (Å²) in [5.74, 6) is 0. The van der Waals surface area contributed by atoms with Gasteiger partial charge < -0.3 is 24.5 Å². The third kappa shape index (κ3) is 7.36. The Labute approximate surface area is 211 Å². The van der Waals surface area contributed by atoms with Crippen LogP contribution in [0.5, 0.6) is 0 Å². The molecule has 8 nitrogen and oxygen atoms in total. The van der Waals surface area contributed by atoms with Crippen LogP contribution in [-0.4, -0.2) is 84.3 Å². The van der Waals surface area contributed by atoms with E-state index < -0.39 is 15.1 Å². The zero-order chi connectivity index (χ0) is 25.4. The Morgan fingerprint density at radius 3 is 2.63 bits per heavy atom. The minimum atomic E-state index is -0.803. The van der Waals surface area contributed by atoms with Crippen LogP contribution in [0, 0.1) is 0 Å². The van der Waals surface area contributed by atoms with Gasteiger partial charge in [-0.15, -0.1) is 0 Å². The number of aromatic nitrogens is 4. The number of aromatic amines is 1. The number of anilines is 1. The number of hydrogen-bond acceptors (Lipinski definition) is 7. The Kier molecular flexibility index (Phi) is 9.85. The van der Waals surface area contributed by atoms with Crippen molar-refractivity contribution in [2.24, 2.45) is 0 Å². The van der Waals surface area contributed by atoms with Gasteiger partial charge in [-0.3, -0.25) is 0 Å². The maximum Gasteiger partial charge on any atom is 0.376 e. The number of rotatable bonds is 8. The number of nitrogens with one attached hydrogen (secondary N) is 1. The molecule has 4 rings (SSSR count). The number of hydrogen-bond donors (Lipinski definition) is 2. The summed E-state index contributed by atoms with van der Waals surface area (Å²) in [5.41, 5.74) is 4.09. The van der Waals surface area contributed by atoms with Gasteiger partial charge >= 0.3 is 7.05 Å². The zero-order valence-corrected chi connectivity index (χ0v) is 23.2. The van der Waals surface area contributed by atoms with Gasteiger partial charge in [0.25, 0.3) is 0 Å². The quantitative estimate of drug-likeness (QED) is 0.447. The summed E-state index contributed by atoms with van der Waals surface area (Å²) >= 11 is 0. The van der Waals surface area contributed by atoms with Gasteiger partial charge in [-0.05, 0) is 38.3 Å². The summed E-state index contributed by atoms with van der Waals surface area (Å²) < 4.78 is 4.95. The molecular weight excluding hydrogens is 455 g/mol. The summed E-state index contributed by atoms with van der Waals surface area (Å²) in [6.07, 6.45) is 11.3. The van der Waals surface area contributed by atoms with Crippen molar-refractivity contribution in [1.82, 2.24) is 24.7 Å². The van der Waals surface area contributed by atoms with Crippen molar-refractivity contribution in [2.75, 3.05) is 38.3 Å². The summed E-state index contributed by atoms with van der Waals surface area (Å²) in [7, 11) is 0.532. The van der Waals surface area contributed by atoms with Crippen LogP contribution in [0.4, 0.5) is 5.69 Å². The molecule has 1 aliphatic heterocycles. The highest BCUT2D eigenvalue weighted by Crippen LogP contribution is 2.35. The summed E-state index contributed by atoms with van der Waals surface area (Å²) in [4.78, 5) is 20.7. The molecule has 1 saturated heterocycles. The number of likely N-dealkylation sites (N-methyl/N-ethyl adjacent to an activating group) is 1. The van der Waals surface area contributed by atoms with Gasteiger partial charge in [0, 0.05) is 82.5 Å². The smallest absolute Gasteiger partial charge is 0.376 e.